The van der Waals surface area contributed by atoms with E-state index in [1.54, 1.807) is 10.6 Å². The van der Waals surface area contributed by atoms with Crippen molar-refractivity contribution >= 4 is 23.0 Å². The number of hydroxylamine groups is 1. The van der Waals surface area contributed by atoms with Gasteiger partial charge in [0.25, 0.3) is 11.5 Å². The maximum Gasteiger partial charge on any atom is 0.267 e. The van der Waals surface area contributed by atoms with Crippen LogP contribution in [0.25, 0.3) is 22.8 Å². The third-order valence-electron chi connectivity index (χ3n) is 4.62. The number of pyridine rings is 1. The number of aromatic nitrogens is 3. The zero-order valence-electron chi connectivity index (χ0n) is 16.7. The number of benzene rings is 1. The van der Waals surface area contributed by atoms with Crippen LogP contribution in [0.4, 0.5) is 0 Å². The number of fused-ring (bicyclic) bond motifs is 1. The predicted molar refractivity (Wildman–Crippen MR) is 110 cm³/mol. The van der Waals surface area contributed by atoms with Crippen molar-refractivity contribution in [3.05, 3.63) is 63.2 Å². The van der Waals surface area contributed by atoms with Crippen LogP contribution in [-0.4, -0.2) is 32.8 Å². The number of rotatable bonds is 5. The fraction of sp³-hybridized carbons (Fsp3) is 0.238. The quantitative estimate of drug-likeness (QED) is 0.391. The van der Waals surface area contributed by atoms with Crippen molar-refractivity contribution in [3.8, 4) is 11.6 Å². The number of carbonyl (C=O) groups excluding carboxylic acids is 1. The Morgan fingerprint density at radius 2 is 1.97 bits per heavy atom. The highest BCUT2D eigenvalue weighted by molar-refractivity contribution is 5.92. The molecule has 2 aromatic heterocycles. The van der Waals surface area contributed by atoms with Gasteiger partial charge < -0.3 is 4.74 Å². The number of amides is 1. The lowest BCUT2D eigenvalue weighted by molar-refractivity contribution is -0.124. The topological polar surface area (TPSA) is 106 Å². The van der Waals surface area contributed by atoms with Crippen molar-refractivity contribution in [1.82, 2.24) is 20.0 Å². The molecule has 0 saturated heterocycles. The summed E-state index contributed by atoms with van der Waals surface area (Å²) < 4.78 is 6.90. The van der Waals surface area contributed by atoms with Crippen LogP contribution in [0.5, 0.6) is 5.88 Å². The number of ether oxygens (including phenoxy) is 1. The molecule has 0 unspecified atom stereocenters. The van der Waals surface area contributed by atoms with E-state index in [0.717, 1.165) is 22.9 Å². The second-order valence-corrected chi connectivity index (χ2v) is 6.53. The van der Waals surface area contributed by atoms with E-state index in [2.05, 4.69) is 9.97 Å². The molecule has 0 bridgehead atoms. The number of methoxy groups -OCH3 is 1. The Balaban J connectivity index is 2.35. The van der Waals surface area contributed by atoms with Crippen LogP contribution in [-0.2, 0) is 11.2 Å². The average molecular weight is 394 g/mol. The van der Waals surface area contributed by atoms with Crippen LogP contribution in [0.2, 0.25) is 0 Å². The Morgan fingerprint density at radius 1 is 1.28 bits per heavy atom. The first kappa shape index (κ1) is 20.2. The Morgan fingerprint density at radius 3 is 2.55 bits per heavy atom. The minimum atomic E-state index is -0.709. The van der Waals surface area contributed by atoms with Gasteiger partial charge in [-0.05, 0) is 37.1 Å². The molecule has 0 atom stereocenters. The van der Waals surface area contributed by atoms with Gasteiger partial charge in [0.05, 0.1) is 18.2 Å². The highest BCUT2D eigenvalue weighted by Gasteiger charge is 2.17. The van der Waals surface area contributed by atoms with Gasteiger partial charge in [0.2, 0.25) is 5.88 Å². The highest BCUT2D eigenvalue weighted by atomic mass is 16.5. The van der Waals surface area contributed by atoms with Crippen LogP contribution in [0.1, 0.15) is 29.4 Å². The van der Waals surface area contributed by atoms with E-state index in [9.17, 15) is 9.59 Å². The van der Waals surface area contributed by atoms with Crippen molar-refractivity contribution in [2.45, 2.75) is 27.2 Å². The van der Waals surface area contributed by atoms with Gasteiger partial charge in [0.1, 0.15) is 5.82 Å². The lowest BCUT2D eigenvalue weighted by Crippen LogP contribution is -2.25. The molecule has 0 spiro atoms. The molecule has 8 nitrogen and oxygen atoms in total. The summed E-state index contributed by atoms with van der Waals surface area (Å²) in [6, 6.07) is 7.43. The molecule has 150 valence electrons. The molecule has 1 aromatic carbocycles. The van der Waals surface area contributed by atoms with E-state index >= 15 is 0 Å². The van der Waals surface area contributed by atoms with Gasteiger partial charge in [-0.15, -0.1) is 0 Å². The smallest absolute Gasteiger partial charge is 0.267 e. The summed E-state index contributed by atoms with van der Waals surface area (Å²) in [4.78, 5) is 33.7. The third-order valence-corrected chi connectivity index (χ3v) is 4.62. The average Bonchev–Trinajstić information content (AvgIpc) is 2.72. The summed E-state index contributed by atoms with van der Waals surface area (Å²) in [5.41, 5.74) is 4.68. The molecule has 3 rings (SSSR count). The Kier molecular flexibility index (Phi) is 5.74. The number of carbonyl (C=O) groups is 1. The first-order valence-electron chi connectivity index (χ1n) is 9.10. The summed E-state index contributed by atoms with van der Waals surface area (Å²) in [5, 5.41) is 8.97. The van der Waals surface area contributed by atoms with Crippen LogP contribution < -0.4 is 15.8 Å². The highest BCUT2D eigenvalue weighted by Crippen LogP contribution is 2.24. The number of hydrogen-bond donors (Lipinski definition) is 2. The number of para-hydroxylation sites is 1. The van der Waals surface area contributed by atoms with Crippen LogP contribution >= 0.6 is 0 Å². The predicted octanol–water partition coefficient (Wildman–Crippen LogP) is 2.49. The second-order valence-electron chi connectivity index (χ2n) is 6.53. The Labute approximate surface area is 167 Å². The molecule has 1 amide bonds. The molecular weight excluding hydrogens is 372 g/mol. The fourth-order valence-electron chi connectivity index (χ4n) is 3.27. The summed E-state index contributed by atoms with van der Waals surface area (Å²) in [6.45, 7) is 5.83. The fourth-order valence-corrected chi connectivity index (χ4v) is 3.27. The molecule has 3 aromatic rings. The number of nitrogens with one attached hydrogen (secondary N) is 1. The molecule has 8 heteroatoms. The van der Waals surface area contributed by atoms with E-state index in [0.29, 0.717) is 23.2 Å². The Hall–Kier alpha value is -3.52. The van der Waals surface area contributed by atoms with Gasteiger partial charge in [0.15, 0.2) is 5.65 Å². The zero-order chi connectivity index (χ0) is 21.1. The molecular formula is C21H22N4O4. The molecule has 0 radical (unpaired) electrons. The molecule has 2 N–H and O–H groups in total. The number of hydrogen-bond acceptors (Lipinski definition) is 6. The van der Waals surface area contributed by atoms with Gasteiger partial charge >= 0.3 is 0 Å². The van der Waals surface area contributed by atoms with Gasteiger partial charge in [-0.1, -0.05) is 25.1 Å². The number of nitrogens with zero attached hydrogens (tertiary/aromatic N) is 3. The van der Waals surface area contributed by atoms with Crippen LogP contribution in [0.15, 0.2) is 35.1 Å². The van der Waals surface area contributed by atoms with Gasteiger partial charge in [-0.25, -0.2) is 10.5 Å². The van der Waals surface area contributed by atoms with Crippen molar-refractivity contribution in [1.29, 1.82) is 0 Å². The molecule has 29 heavy (non-hydrogen) atoms. The van der Waals surface area contributed by atoms with E-state index in [1.807, 2.05) is 39.0 Å². The lowest BCUT2D eigenvalue weighted by Gasteiger charge is -2.17. The maximum absolute atomic E-state index is 13.5. The monoisotopic (exact) mass is 394 g/mol. The normalized spacial score (nSPS) is 11.2. The largest absolute Gasteiger partial charge is 0.481 e. The van der Waals surface area contributed by atoms with Crippen LogP contribution in [0, 0.1) is 13.8 Å². The van der Waals surface area contributed by atoms with Gasteiger partial charge in [0, 0.05) is 18.1 Å². The van der Waals surface area contributed by atoms with Crippen molar-refractivity contribution in [3.63, 3.8) is 0 Å². The molecule has 0 aliphatic heterocycles. The van der Waals surface area contributed by atoms with Gasteiger partial charge in [-0.3, -0.25) is 19.4 Å². The third kappa shape index (κ3) is 3.74. The zero-order valence-corrected chi connectivity index (χ0v) is 16.7. The second kappa shape index (κ2) is 8.24. The standard InChI is InChI=1S/C21H22N4O4/c1-5-16-22-19-15(11-14(20(23-19)29-4)9-10-17(26)24-28)21(27)25(16)18-12(2)7-6-8-13(18)3/h6-11,28H,5H2,1-4H3,(H,24,26)/b10-9+. The van der Waals surface area contributed by atoms with E-state index in [-0.39, 0.29) is 17.1 Å². The SMILES string of the molecule is CCc1nc2nc(OC)c(/C=C/C(=O)NO)cc2c(=O)n1-c1c(C)cccc1C. The van der Waals surface area contributed by atoms with Crippen molar-refractivity contribution in [2.75, 3.05) is 7.11 Å². The van der Waals surface area contributed by atoms with Gasteiger partial charge in [-0.2, -0.15) is 4.98 Å². The molecule has 2 heterocycles. The first-order chi connectivity index (χ1) is 13.9. The molecule has 0 aliphatic rings. The van der Waals surface area contributed by atoms with E-state index < -0.39 is 5.91 Å². The first-order valence-corrected chi connectivity index (χ1v) is 9.10. The lowest BCUT2D eigenvalue weighted by atomic mass is 10.1. The minimum absolute atomic E-state index is 0.221. The summed E-state index contributed by atoms with van der Waals surface area (Å²) in [6.07, 6.45) is 3.07. The summed E-state index contributed by atoms with van der Waals surface area (Å²) in [7, 11) is 1.44. The molecule has 0 saturated carbocycles. The van der Waals surface area contributed by atoms with Crippen molar-refractivity contribution in [2.24, 2.45) is 0 Å². The Bertz CT molecular complexity index is 1160. The summed E-state index contributed by atoms with van der Waals surface area (Å²) in [5.74, 6) is 0.107. The van der Waals surface area contributed by atoms with E-state index in [1.165, 1.54) is 18.7 Å². The minimum Gasteiger partial charge on any atom is -0.481 e. The van der Waals surface area contributed by atoms with E-state index in [4.69, 9.17) is 9.94 Å². The molecule has 0 fully saturated rings. The number of aryl methyl sites for hydroxylation is 3. The molecule has 0 aliphatic carbocycles. The van der Waals surface area contributed by atoms with Crippen LogP contribution in [0.3, 0.4) is 0 Å². The maximum atomic E-state index is 13.5. The summed E-state index contributed by atoms with van der Waals surface area (Å²) >= 11 is 0. The van der Waals surface area contributed by atoms with Crippen molar-refractivity contribution < 1.29 is 14.7 Å².